The quantitative estimate of drug-likeness (QED) is 0.842. The van der Waals surface area contributed by atoms with E-state index in [1.54, 1.807) is 11.8 Å². The van der Waals surface area contributed by atoms with Crippen LogP contribution in [0.25, 0.3) is 0 Å². The Balaban J connectivity index is 1.82. The Morgan fingerprint density at radius 1 is 1.27 bits per heavy atom. The van der Waals surface area contributed by atoms with Gasteiger partial charge in [-0.15, -0.1) is 0 Å². The lowest BCUT2D eigenvalue weighted by atomic mass is 10.1. The van der Waals surface area contributed by atoms with Gasteiger partial charge in [-0.3, -0.25) is 4.79 Å². The lowest BCUT2D eigenvalue weighted by Gasteiger charge is -2.40. The van der Waals surface area contributed by atoms with Crippen LogP contribution in [0.2, 0.25) is 0 Å². The summed E-state index contributed by atoms with van der Waals surface area (Å²) in [6, 6.07) is 4.74. The van der Waals surface area contributed by atoms with Gasteiger partial charge < -0.3 is 4.90 Å². The van der Waals surface area contributed by atoms with Crippen molar-refractivity contribution in [2.45, 2.75) is 37.6 Å². The standard InChI is InChI=1S/C15H19FN2O3S/c1-11-15(19)17-8-2-3-14(17)9-18(11)22(20,21)10-12-4-6-13(16)7-5-12/h4-7,11,14H,2-3,8-10H2,1H3/t11-,14+/m1/s1. The van der Waals surface area contributed by atoms with E-state index >= 15 is 0 Å². The molecule has 120 valence electrons. The molecule has 0 unspecified atom stereocenters. The van der Waals surface area contributed by atoms with Gasteiger partial charge in [0.25, 0.3) is 0 Å². The van der Waals surface area contributed by atoms with E-state index in [0.717, 1.165) is 19.4 Å². The molecule has 5 nitrogen and oxygen atoms in total. The number of carbonyl (C=O) groups is 1. The Hall–Kier alpha value is -1.47. The van der Waals surface area contributed by atoms with Crippen molar-refractivity contribution in [2.75, 3.05) is 13.1 Å². The maximum atomic E-state index is 12.9. The van der Waals surface area contributed by atoms with Crippen LogP contribution in [-0.4, -0.2) is 48.7 Å². The van der Waals surface area contributed by atoms with E-state index in [0.29, 0.717) is 12.1 Å². The van der Waals surface area contributed by atoms with Crippen LogP contribution in [-0.2, 0) is 20.6 Å². The minimum Gasteiger partial charge on any atom is -0.337 e. The van der Waals surface area contributed by atoms with Gasteiger partial charge in [0.05, 0.1) is 5.75 Å². The zero-order chi connectivity index (χ0) is 15.9. The van der Waals surface area contributed by atoms with Gasteiger partial charge >= 0.3 is 0 Å². The summed E-state index contributed by atoms with van der Waals surface area (Å²) in [5.74, 6) is -0.724. The van der Waals surface area contributed by atoms with Crippen molar-refractivity contribution in [2.24, 2.45) is 0 Å². The molecule has 22 heavy (non-hydrogen) atoms. The molecule has 7 heteroatoms. The largest absolute Gasteiger partial charge is 0.337 e. The summed E-state index contributed by atoms with van der Waals surface area (Å²) in [4.78, 5) is 14.1. The molecule has 2 heterocycles. The number of halogens is 1. The van der Waals surface area contributed by atoms with E-state index in [-0.39, 0.29) is 17.7 Å². The van der Waals surface area contributed by atoms with Crippen LogP contribution in [0.15, 0.2) is 24.3 Å². The number of amides is 1. The van der Waals surface area contributed by atoms with Gasteiger partial charge in [0, 0.05) is 19.1 Å². The molecule has 2 fully saturated rings. The number of rotatable bonds is 3. The zero-order valence-electron chi connectivity index (χ0n) is 12.4. The first kappa shape index (κ1) is 15.4. The Kier molecular flexibility index (Phi) is 3.94. The van der Waals surface area contributed by atoms with Crippen molar-refractivity contribution >= 4 is 15.9 Å². The summed E-state index contributed by atoms with van der Waals surface area (Å²) in [5, 5.41) is 0. The molecule has 0 saturated carbocycles. The van der Waals surface area contributed by atoms with Crippen LogP contribution >= 0.6 is 0 Å². The molecule has 1 aromatic rings. The van der Waals surface area contributed by atoms with Crippen LogP contribution in [0.5, 0.6) is 0 Å². The van der Waals surface area contributed by atoms with Crippen molar-refractivity contribution < 1.29 is 17.6 Å². The average Bonchev–Trinajstić information content (AvgIpc) is 2.93. The molecular formula is C15H19FN2O3S. The highest BCUT2D eigenvalue weighted by Crippen LogP contribution is 2.28. The topological polar surface area (TPSA) is 57.7 Å². The number of piperazine rings is 1. The molecule has 2 saturated heterocycles. The summed E-state index contributed by atoms with van der Waals surface area (Å²) in [6.45, 7) is 2.72. The molecule has 0 radical (unpaired) electrons. The molecule has 0 spiro atoms. The highest BCUT2D eigenvalue weighted by molar-refractivity contribution is 7.88. The predicted octanol–water partition coefficient (Wildman–Crippen LogP) is 1.35. The number of carbonyl (C=O) groups excluding carboxylic acids is 1. The van der Waals surface area contributed by atoms with Crippen molar-refractivity contribution in [1.29, 1.82) is 0 Å². The van der Waals surface area contributed by atoms with Crippen molar-refractivity contribution in [3.63, 3.8) is 0 Å². The van der Waals surface area contributed by atoms with E-state index in [2.05, 4.69) is 0 Å². The van der Waals surface area contributed by atoms with E-state index in [9.17, 15) is 17.6 Å². The second kappa shape index (κ2) is 5.62. The van der Waals surface area contributed by atoms with E-state index < -0.39 is 21.9 Å². The Morgan fingerprint density at radius 2 is 1.95 bits per heavy atom. The van der Waals surface area contributed by atoms with Gasteiger partial charge in [0.2, 0.25) is 15.9 Å². The monoisotopic (exact) mass is 326 g/mol. The number of sulfonamides is 1. The maximum Gasteiger partial charge on any atom is 0.241 e. The third-order valence-corrected chi connectivity index (χ3v) is 6.34. The van der Waals surface area contributed by atoms with Crippen molar-refractivity contribution in [3.8, 4) is 0 Å². The first-order valence-corrected chi connectivity index (χ1v) is 9.04. The third-order valence-electron chi connectivity index (χ3n) is 4.46. The second-order valence-corrected chi connectivity index (χ2v) is 7.88. The van der Waals surface area contributed by atoms with Gasteiger partial charge in [-0.1, -0.05) is 12.1 Å². The van der Waals surface area contributed by atoms with Gasteiger partial charge in [-0.05, 0) is 37.5 Å². The molecule has 0 bridgehead atoms. The number of fused-ring (bicyclic) bond motifs is 1. The summed E-state index contributed by atoms with van der Waals surface area (Å²) < 4.78 is 39.5. The van der Waals surface area contributed by atoms with Gasteiger partial charge in [0.15, 0.2) is 0 Å². The molecule has 2 aliphatic rings. The smallest absolute Gasteiger partial charge is 0.241 e. The molecule has 3 rings (SSSR count). The lowest BCUT2D eigenvalue weighted by molar-refractivity contribution is -0.139. The van der Waals surface area contributed by atoms with Gasteiger partial charge in [0.1, 0.15) is 11.9 Å². The first-order chi connectivity index (χ1) is 10.4. The number of hydrogen-bond acceptors (Lipinski definition) is 3. The fourth-order valence-corrected chi connectivity index (χ4v) is 5.02. The molecule has 0 aromatic heterocycles. The highest BCUT2D eigenvalue weighted by atomic mass is 32.2. The number of nitrogens with zero attached hydrogens (tertiary/aromatic N) is 2. The Bertz CT molecular complexity index is 675. The third kappa shape index (κ3) is 2.75. The van der Waals surface area contributed by atoms with E-state index in [1.165, 1.54) is 28.6 Å². The molecular weight excluding hydrogens is 307 g/mol. The van der Waals surface area contributed by atoms with Crippen LogP contribution in [0.3, 0.4) is 0 Å². The van der Waals surface area contributed by atoms with E-state index in [4.69, 9.17) is 0 Å². The summed E-state index contributed by atoms with van der Waals surface area (Å²) >= 11 is 0. The first-order valence-electron chi connectivity index (χ1n) is 7.43. The average molecular weight is 326 g/mol. The van der Waals surface area contributed by atoms with E-state index in [1.807, 2.05) is 0 Å². The molecule has 1 aromatic carbocycles. The Labute approximate surface area is 129 Å². The zero-order valence-corrected chi connectivity index (χ0v) is 13.2. The number of hydrogen-bond donors (Lipinski definition) is 0. The second-order valence-electron chi connectivity index (χ2n) is 5.96. The fourth-order valence-electron chi connectivity index (χ4n) is 3.27. The van der Waals surface area contributed by atoms with Crippen LogP contribution in [0.1, 0.15) is 25.3 Å². The summed E-state index contributed by atoms with van der Waals surface area (Å²) in [6.07, 6.45) is 1.77. The van der Waals surface area contributed by atoms with Crippen LogP contribution in [0, 0.1) is 5.82 Å². The van der Waals surface area contributed by atoms with Crippen LogP contribution < -0.4 is 0 Å². The minimum atomic E-state index is -3.61. The Morgan fingerprint density at radius 3 is 2.64 bits per heavy atom. The predicted molar refractivity (Wildman–Crippen MR) is 79.9 cm³/mol. The molecule has 1 amide bonds. The normalized spacial score (nSPS) is 26.3. The molecule has 2 aliphatic heterocycles. The van der Waals surface area contributed by atoms with Gasteiger partial charge in [-0.25, -0.2) is 12.8 Å². The summed E-state index contributed by atoms with van der Waals surface area (Å²) in [5.41, 5.74) is 0.523. The molecule has 2 atom stereocenters. The lowest BCUT2D eigenvalue weighted by Crippen LogP contribution is -2.60. The van der Waals surface area contributed by atoms with Crippen molar-refractivity contribution in [1.82, 2.24) is 9.21 Å². The maximum absolute atomic E-state index is 12.9. The number of benzene rings is 1. The molecule has 0 aliphatic carbocycles. The van der Waals surface area contributed by atoms with Crippen LogP contribution in [0.4, 0.5) is 4.39 Å². The highest BCUT2D eigenvalue weighted by Gasteiger charge is 2.44. The van der Waals surface area contributed by atoms with Gasteiger partial charge in [-0.2, -0.15) is 4.31 Å². The molecule has 0 N–H and O–H groups in total. The summed E-state index contributed by atoms with van der Waals surface area (Å²) in [7, 11) is -3.61. The fraction of sp³-hybridized carbons (Fsp3) is 0.533. The van der Waals surface area contributed by atoms with Crippen molar-refractivity contribution in [3.05, 3.63) is 35.6 Å². The SMILES string of the molecule is C[C@@H]1C(=O)N2CCC[C@H]2CN1S(=O)(=O)Cc1ccc(F)cc1. The minimum absolute atomic E-state index is 0.00769.